The monoisotopic (exact) mass is 381 g/mol. The van der Waals surface area contributed by atoms with Gasteiger partial charge in [-0.3, -0.25) is 4.79 Å². The maximum absolute atomic E-state index is 12.7. The number of carbonyl (C=O) groups excluding carboxylic acids is 1. The molecule has 0 saturated heterocycles. The summed E-state index contributed by atoms with van der Waals surface area (Å²) in [7, 11) is 3.22. The Hall–Kier alpha value is -3.02. The topological polar surface area (TPSA) is 64.9 Å². The molecule has 0 aliphatic carbocycles. The predicted molar refractivity (Wildman–Crippen MR) is 109 cm³/mol. The van der Waals surface area contributed by atoms with E-state index in [4.69, 9.17) is 9.47 Å². The molecule has 2 heterocycles. The fourth-order valence-corrected chi connectivity index (χ4v) is 3.22. The van der Waals surface area contributed by atoms with E-state index in [1.807, 2.05) is 47.0 Å². The fraction of sp³-hybridized carbons (Fsp3) is 0.364. The van der Waals surface area contributed by atoms with Gasteiger partial charge in [-0.25, -0.2) is 4.98 Å². The van der Waals surface area contributed by atoms with E-state index in [0.717, 1.165) is 23.3 Å². The highest BCUT2D eigenvalue weighted by Crippen LogP contribution is 2.27. The number of hydrogen-bond donors (Lipinski definition) is 1. The van der Waals surface area contributed by atoms with Crippen molar-refractivity contribution < 1.29 is 14.3 Å². The van der Waals surface area contributed by atoms with Gasteiger partial charge in [-0.05, 0) is 42.2 Å². The van der Waals surface area contributed by atoms with Crippen molar-refractivity contribution in [1.29, 1.82) is 0 Å². The average Bonchev–Trinajstić information content (AvgIpc) is 3.06. The van der Waals surface area contributed by atoms with Crippen molar-refractivity contribution in [2.24, 2.45) is 5.92 Å². The standard InChI is InChI=1S/C22H27N3O3/c1-15(2)13-20-24-21(17-7-5-6-12-25(17)20)22(26)23-11-10-16-8-9-18(27-3)19(14-16)28-4/h5-9,12,14-15H,10-11,13H2,1-4H3,(H,23,26). The summed E-state index contributed by atoms with van der Waals surface area (Å²) in [5.74, 6) is 2.60. The highest BCUT2D eigenvalue weighted by atomic mass is 16.5. The molecule has 1 N–H and O–H groups in total. The maximum atomic E-state index is 12.7. The minimum Gasteiger partial charge on any atom is -0.493 e. The summed E-state index contributed by atoms with van der Waals surface area (Å²) >= 11 is 0. The largest absolute Gasteiger partial charge is 0.493 e. The van der Waals surface area contributed by atoms with Crippen LogP contribution < -0.4 is 14.8 Å². The molecule has 1 aromatic carbocycles. The number of nitrogens with one attached hydrogen (secondary N) is 1. The van der Waals surface area contributed by atoms with Gasteiger partial charge in [-0.1, -0.05) is 26.0 Å². The second-order valence-electron chi connectivity index (χ2n) is 7.13. The van der Waals surface area contributed by atoms with Crippen LogP contribution in [0.25, 0.3) is 5.52 Å². The molecule has 0 spiro atoms. The Balaban J connectivity index is 1.70. The Labute approximate surface area is 165 Å². The van der Waals surface area contributed by atoms with E-state index >= 15 is 0 Å². The molecule has 0 saturated carbocycles. The van der Waals surface area contributed by atoms with E-state index in [2.05, 4.69) is 24.1 Å². The van der Waals surface area contributed by atoms with Crippen LogP contribution >= 0.6 is 0 Å². The fourth-order valence-electron chi connectivity index (χ4n) is 3.22. The lowest BCUT2D eigenvalue weighted by Gasteiger charge is -2.10. The minimum atomic E-state index is -0.154. The van der Waals surface area contributed by atoms with Crippen molar-refractivity contribution in [2.75, 3.05) is 20.8 Å². The second kappa shape index (κ2) is 8.78. The normalized spacial score (nSPS) is 11.0. The highest BCUT2D eigenvalue weighted by Gasteiger charge is 2.17. The lowest BCUT2D eigenvalue weighted by Crippen LogP contribution is -2.26. The zero-order chi connectivity index (χ0) is 20.1. The van der Waals surface area contributed by atoms with Crippen LogP contribution in [0.2, 0.25) is 0 Å². The summed E-state index contributed by atoms with van der Waals surface area (Å²) in [6.45, 7) is 4.81. The molecule has 2 aromatic heterocycles. The molecular weight excluding hydrogens is 354 g/mol. The van der Waals surface area contributed by atoms with Crippen molar-refractivity contribution in [1.82, 2.24) is 14.7 Å². The first-order valence-electron chi connectivity index (χ1n) is 9.48. The van der Waals surface area contributed by atoms with Crippen molar-refractivity contribution >= 4 is 11.4 Å². The van der Waals surface area contributed by atoms with Crippen LogP contribution in [0.15, 0.2) is 42.6 Å². The van der Waals surface area contributed by atoms with Crippen molar-refractivity contribution in [3.8, 4) is 11.5 Å². The maximum Gasteiger partial charge on any atom is 0.272 e. The van der Waals surface area contributed by atoms with Crippen LogP contribution in [0.1, 0.15) is 35.7 Å². The first-order chi connectivity index (χ1) is 13.5. The first-order valence-corrected chi connectivity index (χ1v) is 9.48. The number of carbonyl (C=O) groups is 1. The van der Waals surface area contributed by atoms with E-state index in [0.29, 0.717) is 36.1 Å². The number of nitrogens with zero attached hydrogens (tertiary/aromatic N) is 2. The molecule has 6 heteroatoms. The number of hydrogen-bond acceptors (Lipinski definition) is 4. The summed E-state index contributed by atoms with van der Waals surface area (Å²) in [6.07, 6.45) is 3.47. The zero-order valence-corrected chi connectivity index (χ0v) is 16.9. The summed E-state index contributed by atoms with van der Waals surface area (Å²) < 4.78 is 12.6. The van der Waals surface area contributed by atoms with Crippen molar-refractivity contribution in [3.63, 3.8) is 0 Å². The van der Waals surface area contributed by atoms with Crippen LogP contribution in [0.4, 0.5) is 0 Å². The highest BCUT2D eigenvalue weighted by molar-refractivity contribution is 5.99. The van der Waals surface area contributed by atoms with E-state index in [9.17, 15) is 4.79 Å². The molecule has 3 rings (SSSR count). The number of fused-ring (bicyclic) bond motifs is 1. The molecule has 1 amide bonds. The van der Waals surface area contributed by atoms with Gasteiger partial charge in [0.1, 0.15) is 5.82 Å². The number of ether oxygens (including phenoxy) is 2. The van der Waals surface area contributed by atoms with Gasteiger partial charge >= 0.3 is 0 Å². The Morgan fingerprint density at radius 1 is 1.14 bits per heavy atom. The molecule has 0 aliphatic heterocycles. The van der Waals surface area contributed by atoms with E-state index in [1.165, 1.54) is 0 Å². The molecule has 0 aliphatic rings. The Kier molecular flexibility index (Phi) is 6.19. The van der Waals surface area contributed by atoms with Crippen LogP contribution in [0, 0.1) is 5.92 Å². The summed E-state index contributed by atoms with van der Waals surface area (Å²) in [5, 5.41) is 2.99. The van der Waals surface area contributed by atoms with Crippen LogP contribution in [-0.2, 0) is 12.8 Å². The Morgan fingerprint density at radius 2 is 1.93 bits per heavy atom. The molecular formula is C22H27N3O3. The molecule has 0 unspecified atom stereocenters. The summed E-state index contributed by atoms with van der Waals surface area (Å²) in [5.41, 5.74) is 2.37. The molecule has 0 atom stereocenters. The molecule has 3 aromatic rings. The van der Waals surface area contributed by atoms with Gasteiger partial charge in [-0.15, -0.1) is 0 Å². The van der Waals surface area contributed by atoms with E-state index in [-0.39, 0.29) is 5.91 Å². The molecule has 6 nitrogen and oxygen atoms in total. The Bertz CT molecular complexity index is 963. The third-order valence-electron chi connectivity index (χ3n) is 4.57. The summed E-state index contributed by atoms with van der Waals surface area (Å²) in [6, 6.07) is 11.6. The number of imidazole rings is 1. The number of rotatable bonds is 8. The third kappa shape index (κ3) is 4.27. The second-order valence-corrected chi connectivity index (χ2v) is 7.13. The molecule has 28 heavy (non-hydrogen) atoms. The predicted octanol–water partition coefficient (Wildman–Crippen LogP) is 3.52. The minimum absolute atomic E-state index is 0.154. The number of methoxy groups -OCH3 is 2. The molecule has 0 bridgehead atoms. The number of aromatic nitrogens is 2. The van der Waals surface area contributed by atoms with E-state index in [1.54, 1.807) is 14.2 Å². The van der Waals surface area contributed by atoms with Crippen LogP contribution in [-0.4, -0.2) is 36.1 Å². The van der Waals surface area contributed by atoms with E-state index < -0.39 is 0 Å². The van der Waals surface area contributed by atoms with Crippen LogP contribution in [0.5, 0.6) is 11.5 Å². The van der Waals surface area contributed by atoms with Gasteiger partial charge in [0.25, 0.3) is 5.91 Å². The third-order valence-corrected chi connectivity index (χ3v) is 4.57. The number of amides is 1. The van der Waals surface area contributed by atoms with Gasteiger partial charge in [-0.2, -0.15) is 0 Å². The smallest absolute Gasteiger partial charge is 0.272 e. The van der Waals surface area contributed by atoms with Gasteiger partial charge in [0.15, 0.2) is 17.2 Å². The summed E-state index contributed by atoms with van der Waals surface area (Å²) in [4.78, 5) is 17.4. The molecule has 0 radical (unpaired) electrons. The average molecular weight is 381 g/mol. The first kappa shape index (κ1) is 19.7. The lowest BCUT2D eigenvalue weighted by atomic mass is 10.1. The Morgan fingerprint density at radius 3 is 2.64 bits per heavy atom. The van der Waals surface area contributed by atoms with Gasteiger partial charge in [0, 0.05) is 19.2 Å². The quantitative estimate of drug-likeness (QED) is 0.648. The molecule has 0 fully saturated rings. The SMILES string of the molecule is COc1ccc(CCNC(=O)c2nc(CC(C)C)n3ccccc23)cc1OC. The van der Waals surface area contributed by atoms with Gasteiger partial charge < -0.3 is 19.2 Å². The van der Waals surface area contributed by atoms with Crippen molar-refractivity contribution in [3.05, 3.63) is 59.7 Å². The van der Waals surface area contributed by atoms with Crippen molar-refractivity contribution in [2.45, 2.75) is 26.7 Å². The van der Waals surface area contributed by atoms with Gasteiger partial charge in [0.05, 0.1) is 19.7 Å². The van der Waals surface area contributed by atoms with Crippen LogP contribution in [0.3, 0.4) is 0 Å². The number of pyridine rings is 1. The van der Waals surface area contributed by atoms with Gasteiger partial charge in [0.2, 0.25) is 0 Å². The lowest BCUT2D eigenvalue weighted by molar-refractivity contribution is 0.0951. The zero-order valence-electron chi connectivity index (χ0n) is 16.9. The molecule has 148 valence electrons. The number of benzene rings is 1.